The van der Waals surface area contributed by atoms with Gasteiger partial charge in [-0.2, -0.15) is 0 Å². The van der Waals surface area contributed by atoms with Gasteiger partial charge in [0.1, 0.15) is 0 Å². The van der Waals surface area contributed by atoms with Gasteiger partial charge in [-0.1, -0.05) is 12.1 Å². The summed E-state index contributed by atoms with van der Waals surface area (Å²) in [4.78, 5) is 14.8. The van der Waals surface area contributed by atoms with Crippen molar-refractivity contribution in [1.82, 2.24) is 4.90 Å². The molecule has 1 aromatic rings. The summed E-state index contributed by atoms with van der Waals surface area (Å²) in [6.45, 7) is 4.79. The normalized spacial score (nSPS) is 25.2. The fourth-order valence-corrected chi connectivity index (χ4v) is 4.10. The Morgan fingerprint density at radius 1 is 1.29 bits per heavy atom. The first-order chi connectivity index (χ1) is 13.6. The largest absolute Gasteiger partial charge is 0.459 e. The average molecular weight is 501 g/mol. The fraction of sp³-hybridized carbons (Fsp3) is 0.571. The van der Waals surface area contributed by atoms with Crippen molar-refractivity contribution in [3.05, 3.63) is 45.2 Å². The van der Waals surface area contributed by atoms with Crippen LogP contribution in [0, 0.1) is 9.49 Å². The number of aliphatic hydroxyl groups is 1. The number of nitrogens with zero attached hydrogens (tertiary/aromatic N) is 1. The topological polar surface area (TPSA) is 68.2 Å². The van der Waals surface area contributed by atoms with Crippen molar-refractivity contribution in [2.75, 3.05) is 39.5 Å². The first-order valence-corrected chi connectivity index (χ1v) is 10.9. The van der Waals surface area contributed by atoms with Crippen LogP contribution in [0.15, 0.2) is 36.1 Å². The highest BCUT2D eigenvalue weighted by Gasteiger charge is 2.38. The molecule has 1 aromatic carbocycles. The van der Waals surface area contributed by atoms with Crippen molar-refractivity contribution in [3.63, 3.8) is 0 Å². The number of amides is 1. The summed E-state index contributed by atoms with van der Waals surface area (Å²) in [5.41, 5.74) is 1.13. The van der Waals surface area contributed by atoms with Crippen molar-refractivity contribution in [2.24, 2.45) is 5.92 Å². The standard InChI is InChI=1S/C21H28INO5/c1-2-27-21-17(4-3-11-24)18(15-5-7-16(22)8-6-15)14-19(28-21)20(25)23-9-12-26-13-10-23/h5-8,14,17-18,21,24H,2-4,9-13H2,1H3/t17-,18-,21-/m1/s1. The molecular formula is C21H28INO5. The molecule has 6 nitrogen and oxygen atoms in total. The predicted molar refractivity (Wildman–Crippen MR) is 114 cm³/mol. The van der Waals surface area contributed by atoms with E-state index < -0.39 is 6.29 Å². The molecule has 7 heteroatoms. The summed E-state index contributed by atoms with van der Waals surface area (Å²) < 4.78 is 18.5. The van der Waals surface area contributed by atoms with Gasteiger partial charge in [0, 0.05) is 41.7 Å². The second-order valence-corrected chi connectivity index (χ2v) is 8.23. The molecule has 1 fully saturated rings. The molecule has 1 N–H and O–H groups in total. The van der Waals surface area contributed by atoms with Crippen LogP contribution in [0.3, 0.4) is 0 Å². The van der Waals surface area contributed by atoms with Crippen molar-refractivity contribution in [1.29, 1.82) is 0 Å². The first-order valence-electron chi connectivity index (χ1n) is 9.87. The first kappa shape index (κ1) is 21.5. The van der Waals surface area contributed by atoms with Gasteiger partial charge in [-0.15, -0.1) is 0 Å². The van der Waals surface area contributed by atoms with E-state index in [1.54, 1.807) is 4.90 Å². The molecule has 0 radical (unpaired) electrons. The molecule has 2 heterocycles. The molecule has 28 heavy (non-hydrogen) atoms. The number of ether oxygens (including phenoxy) is 3. The Morgan fingerprint density at radius 3 is 2.64 bits per heavy atom. The third kappa shape index (κ3) is 5.25. The molecule has 3 atom stereocenters. The van der Waals surface area contributed by atoms with Crippen molar-refractivity contribution >= 4 is 28.5 Å². The third-order valence-electron chi connectivity index (χ3n) is 5.18. The number of allylic oxidation sites excluding steroid dienone is 1. The van der Waals surface area contributed by atoms with E-state index >= 15 is 0 Å². The van der Waals surface area contributed by atoms with Crippen LogP contribution in [-0.4, -0.2) is 61.7 Å². The number of hydrogen-bond donors (Lipinski definition) is 1. The number of carbonyl (C=O) groups excluding carboxylic acids is 1. The molecule has 0 aromatic heterocycles. The maximum atomic E-state index is 13.0. The van der Waals surface area contributed by atoms with Gasteiger partial charge in [0.2, 0.25) is 6.29 Å². The molecule has 0 unspecified atom stereocenters. The second kappa shape index (κ2) is 10.6. The van der Waals surface area contributed by atoms with Crippen molar-refractivity contribution < 1.29 is 24.1 Å². The smallest absolute Gasteiger partial charge is 0.288 e. The van der Waals surface area contributed by atoms with Crippen molar-refractivity contribution in [2.45, 2.75) is 32.0 Å². The average Bonchev–Trinajstić information content (AvgIpc) is 2.73. The van der Waals surface area contributed by atoms with Crippen LogP contribution in [0.1, 0.15) is 31.2 Å². The quantitative estimate of drug-likeness (QED) is 0.583. The lowest BCUT2D eigenvalue weighted by Gasteiger charge is -2.38. The van der Waals surface area contributed by atoms with Gasteiger partial charge in [0.15, 0.2) is 5.76 Å². The number of carbonyl (C=O) groups is 1. The molecule has 0 spiro atoms. The second-order valence-electron chi connectivity index (χ2n) is 6.98. The minimum Gasteiger partial charge on any atom is -0.459 e. The zero-order valence-electron chi connectivity index (χ0n) is 16.2. The molecule has 0 saturated carbocycles. The highest BCUT2D eigenvalue weighted by atomic mass is 127. The highest BCUT2D eigenvalue weighted by molar-refractivity contribution is 14.1. The molecule has 154 valence electrons. The monoisotopic (exact) mass is 501 g/mol. The van der Waals surface area contributed by atoms with Gasteiger partial charge in [-0.05, 0) is 66.1 Å². The maximum absolute atomic E-state index is 13.0. The molecule has 0 bridgehead atoms. The van der Waals surface area contributed by atoms with Crippen molar-refractivity contribution in [3.8, 4) is 0 Å². The molecule has 2 aliphatic rings. The van der Waals surface area contributed by atoms with Gasteiger partial charge < -0.3 is 24.2 Å². The summed E-state index contributed by atoms with van der Waals surface area (Å²) in [5.74, 6) is 0.274. The summed E-state index contributed by atoms with van der Waals surface area (Å²) in [7, 11) is 0. The zero-order valence-corrected chi connectivity index (χ0v) is 18.3. The van der Waals surface area contributed by atoms with E-state index in [0.717, 1.165) is 15.6 Å². The van der Waals surface area contributed by atoms with Crippen LogP contribution in [0.5, 0.6) is 0 Å². The minimum atomic E-state index is -0.509. The predicted octanol–water partition coefficient (Wildman–Crippen LogP) is 2.90. The van der Waals surface area contributed by atoms with Gasteiger partial charge >= 0.3 is 0 Å². The van der Waals surface area contributed by atoms with E-state index in [2.05, 4.69) is 46.9 Å². The minimum absolute atomic E-state index is 0.00570. The fourth-order valence-electron chi connectivity index (χ4n) is 3.74. The van der Waals surface area contributed by atoms with Crippen LogP contribution >= 0.6 is 22.6 Å². The van der Waals surface area contributed by atoms with E-state index in [1.807, 2.05) is 13.0 Å². The van der Waals surface area contributed by atoms with E-state index in [4.69, 9.17) is 14.2 Å². The molecule has 0 aliphatic carbocycles. The number of rotatable bonds is 7. The Balaban J connectivity index is 1.92. The summed E-state index contributed by atoms with van der Waals surface area (Å²) in [6.07, 6.45) is 2.86. The Kier molecular flexibility index (Phi) is 8.13. The summed E-state index contributed by atoms with van der Waals surface area (Å²) in [5, 5.41) is 9.35. The Labute approximate surface area is 180 Å². The zero-order chi connectivity index (χ0) is 19.9. The van der Waals surface area contributed by atoms with Gasteiger partial charge in [0.05, 0.1) is 13.2 Å². The SMILES string of the molecule is CCO[C@@H]1OC(C(=O)N2CCOCC2)=C[C@H](c2ccc(I)cc2)[C@H]1CCCO. The van der Waals surface area contributed by atoms with Gasteiger partial charge in [-0.3, -0.25) is 4.79 Å². The number of hydrogen-bond acceptors (Lipinski definition) is 5. The van der Waals surface area contributed by atoms with E-state index in [-0.39, 0.29) is 24.3 Å². The third-order valence-corrected chi connectivity index (χ3v) is 5.89. The Bertz CT molecular complexity index is 672. The lowest BCUT2D eigenvalue weighted by Crippen LogP contribution is -2.44. The van der Waals surface area contributed by atoms with Crippen LogP contribution in [0.25, 0.3) is 0 Å². The Hall–Kier alpha value is -1.16. The van der Waals surface area contributed by atoms with Crippen LogP contribution in [-0.2, 0) is 19.0 Å². The number of aliphatic hydroxyl groups excluding tert-OH is 1. The van der Waals surface area contributed by atoms with Crippen LogP contribution in [0.4, 0.5) is 0 Å². The molecule has 1 amide bonds. The molecule has 2 aliphatic heterocycles. The Morgan fingerprint density at radius 2 is 2.00 bits per heavy atom. The lowest BCUT2D eigenvalue weighted by atomic mass is 9.80. The summed E-state index contributed by atoms with van der Waals surface area (Å²) >= 11 is 2.29. The highest BCUT2D eigenvalue weighted by Crippen LogP contribution is 2.39. The number of halogens is 1. The van der Waals surface area contributed by atoms with Crippen LogP contribution < -0.4 is 0 Å². The molecule has 1 saturated heterocycles. The van der Waals surface area contributed by atoms with E-state index in [1.165, 1.54) is 0 Å². The molecular weight excluding hydrogens is 473 g/mol. The molecule has 3 rings (SSSR count). The lowest BCUT2D eigenvalue weighted by molar-refractivity contribution is -0.171. The van der Waals surface area contributed by atoms with Gasteiger partial charge in [0.25, 0.3) is 5.91 Å². The van der Waals surface area contributed by atoms with E-state index in [0.29, 0.717) is 45.1 Å². The number of benzene rings is 1. The van der Waals surface area contributed by atoms with Crippen LogP contribution in [0.2, 0.25) is 0 Å². The summed E-state index contributed by atoms with van der Waals surface area (Å²) in [6, 6.07) is 8.34. The van der Waals surface area contributed by atoms with E-state index in [9.17, 15) is 9.90 Å². The number of morpholine rings is 1. The van der Waals surface area contributed by atoms with Gasteiger partial charge in [-0.25, -0.2) is 0 Å². The maximum Gasteiger partial charge on any atom is 0.288 e.